The second kappa shape index (κ2) is 11.5. The smallest absolute Gasteiger partial charge is 0.331 e. The van der Waals surface area contributed by atoms with Crippen molar-refractivity contribution in [3.63, 3.8) is 0 Å². The third-order valence-electron chi connectivity index (χ3n) is 7.50. The number of urea groups is 1. The molecule has 0 unspecified atom stereocenters. The van der Waals surface area contributed by atoms with E-state index in [1.807, 2.05) is 55.5 Å². The Labute approximate surface area is 246 Å². The van der Waals surface area contributed by atoms with E-state index in [2.05, 4.69) is 15.6 Å². The Hall–Kier alpha value is -4.32. The molecule has 2 aromatic heterocycles. The first-order valence-electron chi connectivity index (χ1n) is 13.7. The van der Waals surface area contributed by atoms with Crippen LogP contribution in [-0.4, -0.2) is 52.3 Å². The second-order valence-electron chi connectivity index (χ2n) is 10.3. The van der Waals surface area contributed by atoms with Crippen LogP contribution in [0.3, 0.4) is 0 Å². The number of aromatic nitrogens is 1. The number of ether oxygens (including phenoxy) is 1. The number of allylic oxidation sites excluding steroid dienone is 1. The molecule has 0 spiro atoms. The van der Waals surface area contributed by atoms with Crippen LogP contribution in [-0.2, 0) is 0 Å². The number of hydrogen-bond acceptors (Lipinski definition) is 7. The lowest BCUT2D eigenvalue weighted by molar-refractivity contribution is -0.00338. The number of nitrogens with zero attached hydrogens (tertiary/aromatic N) is 3. The number of anilines is 3. The molecule has 42 heavy (non-hydrogen) atoms. The minimum atomic E-state index is -1.33. The number of thiophene rings is 1. The van der Waals surface area contributed by atoms with Gasteiger partial charge in [-0.25, -0.2) is 14.2 Å². The molecule has 3 N–H and O–H groups in total. The molecule has 1 fully saturated rings. The number of piperidine rings is 1. The van der Waals surface area contributed by atoms with Gasteiger partial charge in [0.25, 0.3) is 5.91 Å². The van der Waals surface area contributed by atoms with Gasteiger partial charge in [0, 0.05) is 25.3 Å². The number of hydrogen-bond donors (Lipinski definition) is 3. The number of halogens is 1. The largest absolute Gasteiger partial charge is 0.457 e. The molecule has 9 nitrogen and oxygen atoms in total. The Balaban J connectivity index is 1.27. The zero-order valence-electron chi connectivity index (χ0n) is 23.1. The van der Waals surface area contributed by atoms with Gasteiger partial charge in [-0.05, 0) is 68.7 Å². The molecule has 6 rings (SSSR count). The van der Waals surface area contributed by atoms with E-state index in [1.165, 1.54) is 24.3 Å². The number of para-hydroxylation sites is 1. The normalized spacial score (nSPS) is 18.1. The number of aliphatic hydroxyl groups is 1. The summed E-state index contributed by atoms with van der Waals surface area (Å²) < 4.78 is 19.9. The summed E-state index contributed by atoms with van der Waals surface area (Å²) in [5, 5.41) is 16.9. The van der Waals surface area contributed by atoms with E-state index in [4.69, 9.17) is 4.74 Å². The van der Waals surface area contributed by atoms with Gasteiger partial charge in [0.15, 0.2) is 6.23 Å². The van der Waals surface area contributed by atoms with Crippen LogP contribution in [0.4, 0.5) is 26.2 Å². The van der Waals surface area contributed by atoms with Crippen LogP contribution in [0.25, 0.3) is 10.2 Å². The number of carbonyl (C=O) groups is 2. The van der Waals surface area contributed by atoms with Crippen LogP contribution in [0.15, 0.2) is 72.7 Å². The molecule has 3 amide bonds. The molecule has 0 aliphatic carbocycles. The third-order valence-corrected chi connectivity index (χ3v) is 8.59. The Morgan fingerprint density at radius 3 is 2.79 bits per heavy atom. The molecular formula is C31H30FN5O4S. The van der Waals surface area contributed by atoms with Crippen LogP contribution in [0.1, 0.15) is 35.0 Å². The monoisotopic (exact) mass is 587 g/mol. The van der Waals surface area contributed by atoms with E-state index in [-0.39, 0.29) is 11.9 Å². The number of amides is 3. The van der Waals surface area contributed by atoms with E-state index in [1.54, 1.807) is 22.1 Å². The van der Waals surface area contributed by atoms with Gasteiger partial charge in [0.05, 0.1) is 22.4 Å². The number of likely N-dealkylation sites (tertiary alicyclic amines) is 1. The van der Waals surface area contributed by atoms with E-state index >= 15 is 0 Å². The zero-order valence-corrected chi connectivity index (χ0v) is 24.0. The predicted octanol–water partition coefficient (Wildman–Crippen LogP) is 6.47. The Morgan fingerprint density at radius 1 is 1.21 bits per heavy atom. The minimum absolute atomic E-state index is 0.287. The number of benzene rings is 2. The van der Waals surface area contributed by atoms with Crippen LogP contribution >= 0.6 is 11.3 Å². The Kier molecular flexibility index (Phi) is 7.63. The molecule has 1 saturated heterocycles. The molecule has 216 valence electrons. The number of aryl methyl sites for hydroxylation is 1. The third kappa shape index (κ3) is 5.22. The number of pyridine rings is 1. The summed E-state index contributed by atoms with van der Waals surface area (Å²) in [5.74, 6) is 0.402. The lowest BCUT2D eigenvalue weighted by Gasteiger charge is -2.35. The van der Waals surface area contributed by atoms with Gasteiger partial charge in [-0.15, -0.1) is 11.3 Å². The zero-order chi connectivity index (χ0) is 29.4. The molecule has 4 heterocycles. The van der Waals surface area contributed by atoms with Gasteiger partial charge in [-0.3, -0.25) is 14.6 Å². The van der Waals surface area contributed by atoms with Crippen LogP contribution in [0.5, 0.6) is 11.5 Å². The Morgan fingerprint density at radius 2 is 2.02 bits per heavy atom. The lowest BCUT2D eigenvalue weighted by Crippen LogP contribution is -2.51. The first-order chi connectivity index (χ1) is 20.3. The van der Waals surface area contributed by atoms with Crippen molar-refractivity contribution in [3.05, 3.63) is 83.1 Å². The molecule has 2 aromatic carbocycles. The molecule has 0 radical (unpaired) electrons. The highest BCUT2D eigenvalue weighted by Crippen LogP contribution is 2.46. The molecule has 0 bridgehead atoms. The average molecular weight is 588 g/mol. The number of aliphatic hydroxyl groups excluding tert-OH is 1. The van der Waals surface area contributed by atoms with Crippen molar-refractivity contribution in [2.45, 2.75) is 39.0 Å². The van der Waals surface area contributed by atoms with Gasteiger partial charge in [-0.2, -0.15) is 0 Å². The van der Waals surface area contributed by atoms with Gasteiger partial charge in [-0.1, -0.05) is 24.3 Å². The summed E-state index contributed by atoms with van der Waals surface area (Å²) >= 11 is 1.21. The van der Waals surface area contributed by atoms with Gasteiger partial charge in [0.1, 0.15) is 27.0 Å². The highest BCUT2D eigenvalue weighted by Gasteiger charge is 2.34. The topological polar surface area (TPSA) is 107 Å². The number of carbonyl (C=O) groups excluding carboxylic acids is 2. The highest BCUT2D eigenvalue weighted by molar-refractivity contribution is 7.21. The molecule has 2 aliphatic heterocycles. The van der Waals surface area contributed by atoms with Crippen molar-refractivity contribution in [2.75, 3.05) is 23.3 Å². The van der Waals surface area contributed by atoms with Crippen LogP contribution < -0.4 is 20.3 Å². The van der Waals surface area contributed by atoms with Gasteiger partial charge < -0.3 is 20.5 Å². The quantitative estimate of drug-likeness (QED) is 0.229. The van der Waals surface area contributed by atoms with Crippen LogP contribution in [0, 0.1) is 6.92 Å². The molecular weight excluding hydrogens is 557 g/mol. The molecule has 0 saturated carbocycles. The fourth-order valence-electron chi connectivity index (χ4n) is 5.47. The van der Waals surface area contributed by atoms with Gasteiger partial charge in [0.2, 0.25) is 0 Å². The van der Waals surface area contributed by atoms with Crippen molar-refractivity contribution in [3.8, 4) is 11.5 Å². The first-order valence-corrected chi connectivity index (χ1v) is 14.6. The summed E-state index contributed by atoms with van der Waals surface area (Å²) in [7, 11) is 0. The fraction of sp³-hybridized carbons (Fsp3) is 0.258. The van der Waals surface area contributed by atoms with E-state index in [0.717, 1.165) is 5.56 Å². The maximum Gasteiger partial charge on any atom is 0.331 e. The number of nitrogens with one attached hydrogen (secondary N) is 2. The predicted molar refractivity (Wildman–Crippen MR) is 161 cm³/mol. The van der Waals surface area contributed by atoms with Crippen molar-refractivity contribution >= 4 is 50.6 Å². The summed E-state index contributed by atoms with van der Waals surface area (Å²) in [4.78, 5) is 35.7. The maximum atomic E-state index is 14.0. The Bertz CT molecular complexity index is 1690. The SMILES string of the molecule is C/C=C(\F)[C@@H](O)N1CCC[C@@H](NC(=O)c2sc3nccc4c3c2NC(=O)N4c2ccc(Oc3ccccc3)cc2C)C1. The summed E-state index contributed by atoms with van der Waals surface area (Å²) in [6, 6.07) is 16.1. The van der Waals surface area contributed by atoms with Gasteiger partial charge >= 0.3 is 6.03 Å². The van der Waals surface area contributed by atoms with E-state index in [9.17, 15) is 19.1 Å². The summed E-state index contributed by atoms with van der Waals surface area (Å²) in [6.07, 6.45) is 2.92. The van der Waals surface area contributed by atoms with Crippen molar-refractivity contribution in [1.82, 2.24) is 15.2 Å². The van der Waals surface area contributed by atoms with Crippen molar-refractivity contribution in [1.29, 1.82) is 0 Å². The second-order valence-corrected chi connectivity index (χ2v) is 11.3. The molecule has 2 aliphatic rings. The molecule has 2 atom stereocenters. The summed E-state index contributed by atoms with van der Waals surface area (Å²) in [6.45, 7) is 4.28. The van der Waals surface area contributed by atoms with Crippen molar-refractivity contribution in [2.24, 2.45) is 0 Å². The standard InChI is InChI=1S/C31H30FN5O4S/c1-3-22(32)30(39)36-15-7-8-19(17-36)34-28(38)27-26-25-24(13-14-33-29(25)42-27)37(31(40)35-26)23-12-11-21(16-18(23)2)41-20-9-5-4-6-10-20/h3-6,9-14,16,19,30,39H,7-8,15,17H2,1-2H3,(H,34,38)(H,35,40)/b22-3-/t19-,30-/m1/s1. The number of rotatable bonds is 7. The van der Waals surface area contributed by atoms with E-state index < -0.39 is 18.1 Å². The lowest BCUT2D eigenvalue weighted by atomic mass is 10.0. The average Bonchev–Trinajstić information content (AvgIpc) is 3.37. The highest BCUT2D eigenvalue weighted by atomic mass is 32.1. The fourth-order valence-corrected chi connectivity index (χ4v) is 6.49. The molecule has 11 heteroatoms. The maximum absolute atomic E-state index is 14.0. The first kappa shape index (κ1) is 27.8. The van der Waals surface area contributed by atoms with Crippen molar-refractivity contribution < 1.29 is 23.8 Å². The minimum Gasteiger partial charge on any atom is -0.457 e. The molecule has 4 aromatic rings. The van der Waals surface area contributed by atoms with Crippen LogP contribution in [0.2, 0.25) is 0 Å². The van der Waals surface area contributed by atoms with E-state index in [0.29, 0.717) is 69.6 Å². The summed E-state index contributed by atoms with van der Waals surface area (Å²) in [5.41, 5.74) is 2.56.